The Kier molecular flexibility index (Phi) is 2.39. The maximum Gasteiger partial charge on any atom is 0.140 e. The lowest BCUT2D eigenvalue weighted by molar-refractivity contribution is 0.520. The number of benzene rings is 1. The van der Waals surface area contributed by atoms with Gasteiger partial charge in [-0.3, -0.25) is 0 Å². The van der Waals surface area contributed by atoms with Crippen LogP contribution in [0.3, 0.4) is 0 Å². The van der Waals surface area contributed by atoms with E-state index in [-0.39, 0.29) is 0 Å². The predicted molar refractivity (Wildman–Crippen MR) is 40.2 cm³/mol. The van der Waals surface area contributed by atoms with Crippen molar-refractivity contribution < 1.29 is 4.74 Å². The number of rotatable bonds is 1. The molecule has 0 saturated carbocycles. The average Bonchev–Trinajstić information content (AvgIpc) is 2.03. The molecule has 10 heavy (non-hydrogen) atoms. The van der Waals surface area contributed by atoms with E-state index >= 15 is 0 Å². The molecule has 1 rings (SSSR count). The lowest BCUT2D eigenvalue weighted by atomic mass is 10.3. The lowest BCUT2D eigenvalue weighted by Crippen LogP contribution is -1.79. The summed E-state index contributed by atoms with van der Waals surface area (Å²) in [5.74, 6) is 3.14. The van der Waals surface area contributed by atoms with Crippen molar-refractivity contribution in [2.45, 2.75) is 0 Å². The molecule has 0 spiro atoms. The third-order valence-electron chi connectivity index (χ3n) is 0.984. The Bertz CT molecular complexity index is 240. The van der Waals surface area contributed by atoms with Gasteiger partial charge in [-0.25, -0.2) is 0 Å². The van der Waals surface area contributed by atoms with E-state index in [1.807, 2.05) is 30.3 Å². The highest BCUT2D eigenvalue weighted by atomic mass is 16.5. The smallest absolute Gasteiger partial charge is 0.140 e. The molecule has 0 atom stereocenters. The molecule has 1 aromatic rings. The summed E-state index contributed by atoms with van der Waals surface area (Å²) in [5.41, 5.74) is 0. The third kappa shape index (κ3) is 1.83. The maximum absolute atomic E-state index is 4.93. The van der Waals surface area contributed by atoms with Gasteiger partial charge in [-0.2, -0.15) is 0 Å². The van der Waals surface area contributed by atoms with E-state index in [4.69, 9.17) is 4.74 Å². The minimum absolute atomic E-state index is 0.749. The van der Waals surface area contributed by atoms with Gasteiger partial charge in [0.1, 0.15) is 11.9 Å². The Morgan fingerprint density at radius 1 is 1.20 bits per heavy atom. The molecule has 0 aliphatic heterocycles. The van der Waals surface area contributed by atoms with Crippen molar-refractivity contribution in [1.82, 2.24) is 0 Å². The molecule has 0 unspecified atom stereocenters. The first-order valence-corrected chi connectivity index (χ1v) is 2.92. The Hall–Kier alpha value is -1.42. The largest absolute Gasteiger partial charge is 0.408 e. The molecule has 1 aromatic carbocycles. The van der Waals surface area contributed by atoms with Crippen molar-refractivity contribution in [1.29, 1.82) is 0 Å². The maximum atomic E-state index is 4.93. The van der Waals surface area contributed by atoms with Crippen molar-refractivity contribution >= 4 is 0 Å². The first-order valence-electron chi connectivity index (χ1n) is 2.92. The van der Waals surface area contributed by atoms with E-state index in [9.17, 15) is 0 Å². The summed E-state index contributed by atoms with van der Waals surface area (Å²) in [6.45, 7) is 3.31. The number of hydrogen-bond acceptors (Lipinski definition) is 1. The van der Waals surface area contributed by atoms with Gasteiger partial charge in [-0.05, 0) is 12.1 Å². The number of para-hydroxylation sites is 1. The SMILES string of the molecule is [CH2]C#COc1ccccc1. The molecule has 1 nitrogen and oxygen atoms in total. The highest BCUT2D eigenvalue weighted by molar-refractivity contribution is 5.23. The molecule has 0 fully saturated rings. The minimum atomic E-state index is 0.749. The molecular formula is C9H7O. The Labute approximate surface area is 60.6 Å². The molecule has 0 heterocycles. The van der Waals surface area contributed by atoms with E-state index in [1.165, 1.54) is 0 Å². The van der Waals surface area contributed by atoms with Crippen LogP contribution >= 0.6 is 0 Å². The fourth-order valence-electron chi connectivity index (χ4n) is 0.584. The van der Waals surface area contributed by atoms with Gasteiger partial charge in [0.15, 0.2) is 0 Å². The van der Waals surface area contributed by atoms with Gasteiger partial charge in [0.2, 0.25) is 0 Å². The van der Waals surface area contributed by atoms with E-state index in [0.717, 1.165) is 5.75 Å². The molecule has 0 saturated heterocycles. The molecule has 0 bridgehead atoms. The number of ether oxygens (including phenoxy) is 1. The summed E-state index contributed by atoms with van der Waals surface area (Å²) < 4.78 is 4.93. The van der Waals surface area contributed by atoms with Crippen LogP contribution in [0.2, 0.25) is 0 Å². The molecule has 0 amide bonds. The van der Waals surface area contributed by atoms with Crippen LogP contribution in [-0.2, 0) is 0 Å². The van der Waals surface area contributed by atoms with E-state index in [1.54, 1.807) is 0 Å². The second-order valence-electron chi connectivity index (χ2n) is 1.69. The van der Waals surface area contributed by atoms with E-state index < -0.39 is 0 Å². The topological polar surface area (TPSA) is 9.23 Å². The molecule has 0 aromatic heterocycles. The predicted octanol–water partition coefficient (Wildman–Crippen LogP) is 1.86. The second-order valence-corrected chi connectivity index (χ2v) is 1.69. The van der Waals surface area contributed by atoms with Crippen molar-refractivity contribution in [2.75, 3.05) is 0 Å². The van der Waals surface area contributed by atoms with Gasteiger partial charge in [0, 0.05) is 6.92 Å². The monoisotopic (exact) mass is 131 g/mol. The second kappa shape index (κ2) is 3.58. The summed E-state index contributed by atoms with van der Waals surface area (Å²) in [4.78, 5) is 0. The van der Waals surface area contributed by atoms with Crippen LogP contribution in [0.1, 0.15) is 0 Å². The van der Waals surface area contributed by atoms with Crippen molar-refractivity contribution in [3.63, 3.8) is 0 Å². The Balaban J connectivity index is 2.64. The first kappa shape index (κ1) is 6.70. The third-order valence-corrected chi connectivity index (χ3v) is 0.984. The van der Waals surface area contributed by atoms with Gasteiger partial charge < -0.3 is 4.74 Å². The van der Waals surface area contributed by atoms with Crippen LogP contribution in [0, 0.1) is 19.0 Å². The zero-order valence-corrected chi connectivity index (χ0v) is 5.50. The van der Waals surface area contributed by atoms with Gasteiger partial charge in [0.25, 0.3) is 0 Å². The first-order chi connectivity index (χ1) is 4.93. The van der Waals surface area contributed by atoms with E-state index in [2.05, 4.69) is 19.0 Å². The average molecular weight is 131 g/mol. The lowest BCUT2D eigenvalue weighted by Gasteiger charge is -1.92. The van der Waals surface area contributed by atoms with Gasteiger partial charge >= 0.3 is 0 Å². The van der Waals surface area contributed by atoms with Crippen molar-refractivity contribution in [2.24, 2.45) is 0 Å². The van der Waals surface area contributed by atoms with Crippen LogP contribution in [0.5, 0.6) is 5.75 Å². The minimum Gasteiger partial charge on any atom is -0.408 e. The van der Waals surface area contributed by atoms with Crippen molar-refractivity contribution in [3.05, 3.63) is 37.3 Å². The molecule has 49 valence electrons. The number of hydrogen-bond donors (Lipinski definition) is 0. The van der Waals surface area contributed by atoms with Crippen LogP contribution in [0.4, 0.5) is 0 Å². The van der Waals surface area contributed by atoms with Crippen molar-refractivity contribution in [3.8, 4) is 17.8 Å². The summed E-state index contributed by atoms with van der Waals surface area (Å²) in [6, 6.07) is 9.37. The quantitative estimate of drug-likeness (QED) is 0.528. The normalized spacial score (nSPS) is 7.70. The van der Waals surface area contributed by atoms with Gasteiger partial charge in [-0.1, -0.05) is 24.1 Å². The molecule has 0 aliphatic rings. The summed E-state index contributed by atoms with van der Waals surface area (Å²) in [7, 11) is 0. The Morgan fingerprint density at radius 3 is 2.50 bits per heavy atom. The highest BCUT2D eigenvalue weighted by Gasteiger charge is 1.83. The summed E-state index contributed by atoms with van der Waals surface area (Å²) in [5, 5.41) is 0. The molecule has 1 radical (unpaired) electrons. The van der Waals surface area contributed by atoms with Crippen LogP contribution < -0.4 is 4.74 Å². The van der Waals surface area contributed by atoms with E-state index in [0.29, 0.717) is 0 Å². The van der Waals surface area contributed by atoms with Gasteiger partial charge in [-0.15, -0.1) is 0 Å². The zero-order valence-electron chi connectivity index (χ0n) is 5.50. The molecule has 1 heteroatoms. The molecular weight excluding hydrogens is 124 g/mol. The van der Waals surface area contributed by atoms with Gasteiger partial charge in [0.05, 0.1) is 0 Å². The summed E-state index contributed by atoms with van der Waals surface area (Å²) >= 11 is 0. The fourth-order valence-corrected chi connectivity index (χ4v) is 0.584. The molecule has 0 aliphatic carbocycles. The highest BCUT2D eigenvalue weighted by Crippen LogP contribution is 2.06. The van der Waals surface area contributed by atoms with Crippen LogP contribution in [-0.4, -0.2) is 0 Å². The standard InChI is InChI=1S/C9H7O/c1-2-8-10-9-6-4-3-5-7-9/h3-7H,1H2. The fraction of sp³-hybridized carbons (Fsp3) is 0. The van der Waals surface area contributed by atoms with Crippen LogP contribution in [0.15, 0.2) is 30.3 Å². The Morgan fingerprint density at radius 2 is 1.90 bits per heavy atom. The van der Waals surface area contributed by atoms with Crippen LogP contribution in [0.25, 0.3) is 0 Å². The zero-order chi connectivity index (χ0) is 7.23. The molecule has 0 N–H and O–H groups in total. The summed E-state index contributed by atoms with van der Waals surface area (Å²) in [6.07, 6.45) is 2.40.